The van der Waals surface area contributed by atoms with Crippen molar-refractivity contribution in [1.82, 2.24) is 0 Å². The summed E-state index contributed by atoms with van der Waals surface area (Å²) >= 11 is 0. The molecule has 0 aromatic carbocycles. The maximum absolute atomic E-state index is 5.36. The quantitative estimate of drug-likeness (QED) is 0.561. The van der Waals surface area contributed by atoms with Crippen LogP contribution in [-0.4, -0.2) is 33.5 Å². The average Bonchev–Trinajstić information content (AvgIpc) is 2.03. The van der Waals surface area contributed by atoms with Gasteiger partial charge in [0.25, 0.3) is 0 Å². The lowest BCUT2D eigenvalue weighted by Gasteiger charge is -2.13. The molecule has 0 fully saturated rings. The SMILES string of the molecule is COCC(CCCCN)OC. The van der Waals surface area contributed by atoms with Gasteiger partial charge in [-0.1, -0.05) is 0 Å². The molecular formula is C8H19NO2. The zero-order valence-corrected chi connectivity index (χ0v) is 7.51. The highest BCUT2D eigenvalue weighted by Crippen LogP contribution is 2.03. The molecule has 3 nitrogen and oxygen atoms in total. The summed E-state index contributed by atoms with van der Waals surface area (Å²) in [5, 5.41) is 0. The van der Waals surface area contributed by atoms with Crippen LogP contribution in [0.4, 0.5) is 0 Å². The molecular weight excluding hydrogens is 142 g/mol. The van der Waals surface area contributed by atoms with E-state index in [0.717, 1.165) is 25.8 Å². The van der Waals surface area contributed by atoms with Gasteiger partial charge in [0.2, 0.25) is 0 Å². The molecule has 3 heteroatoms. The van der Waals surface area contributed by atoms with Crippen molar-refractivity contribution in [3.05, 3.63) is 0 Å². The van der Waals surface area contributed by atoms with Crippen LogP contribution in [0, 0.1) is 0 Å². The second-order valence-electron chi connectivity index (χ2n) is 2.60. The van der Waals surface area contributed by atoms with E-state index in [9.17, 15) is 0 Å². The van der Waals surface area contributed by atoms with E-state index < -0.39 is 0 Å². The second kappa shape index (κ2) is 7.98. The van der Waals surface area contributed by atoms with Gasteiger partial charge in [0.1, 0.15) is 0 Å². The van der Waals surface area contributed by atoms with Crippen molar-refractivity contribution >= 4 is 0 Å². The zero-order valence-electron chi connectivity index (χ0n) is 7.51. The van der Waals surface area contributed by atoms with Crippen LogP contribution < -0.4 is 5.73 Å². The Morgan fingerprint density at radius 2 is 2.00 bits per heavy atom. The molecule has 0 heterocycles. The standard InChI is InChI=1S/C8H19NO2/c1-10-7-8(11-2)5-3-4-6-9/h8H,3-7,9H2,1-2H3. The summed E-state index contributed by atoms with van der Waals surface area (Å²) in [6.07, 6.45) is 3.48. The van der Waals surface area contributed by atoms with Gasteiger partial charge in [0.05, 0.1) is 12.7 Å². The summed E-state index contributed by atoms with van der Waals surface area (Å²) in [5.41, 5.74) is 5.36. The molecule has 0 saturated heterocycles. The molecule has 0 saturated carbocycles. The third-order valence-electron chi connectivity index (χ3n) is 1.67. The minimum Gasteiger partial charge on any atom is -0.382 e. The molecule has 11 heavy (non-hydrogen) atoms. The molecule has 1 unspecified atom stereocenters. The van der Waals surface area contributed by atoms with Crippen molar-refractivity contribution in [2.75, 3.05) is 27.4 Å². The van der Waals surface area contributed by atoms with Crippen LogP contribution >= 0.6 is 0 Å². The Morgan fingerprint density at radius 3 is 2.45 bits per heavy atom. The van der Waals surface area contributed by atoms with E-state index in [1.54, 1.807) is 14.2 Å². The van der Waals surface area contributed by atoms with Crippen LogP contribution in [0.3, 0.4) is 0 Å². The van der Waals surface area contributed by atoms with Gasteiger partial charge in [-0.05, 0) is 25.8 Å². The van der Waals surface area contributed by atoms with Crippen LogP contribution in [0.5, 0.6) is 0 Å². The average molecular weight is 161 g/mol. The van der Waals surface area contributed by atoms with Crippen molar-refractivity contribution in [1.29, 1.82) is 0 Å². The van der Waals surface area contributed by atoms with Crippen LogP contribution in [0.1, 0.15) is 19.3 Å². The minimum absolute atomic E-state index is 0.242. The topological polar surface area (TPSA) is 44.5 Å². The number of ether oxygens (including phenoxy) is 2. The van der Waals surface area contributed by atoms with Gasteiger partial charge in [-0.2, -0.15) is 0 Å². The van der Waals surface area contributed by atoms with Gasteiger partial charge in [-0.25, -0.2) is 0 Å². The molecule has 0 spiro atoms. The molecule has 0 bridgehead atoms. The molecule has 2 N–H and O–H groups in total. The lowest BCUT2D eigenvalue weighted by molar-refractivity contribution is 0.0222. The highest BCUT2D eigenvalue weighted by molar-refractivity contribution is 4.56. The van der Waals surface area contributed by atoms with Gasteiger partial charge in [-0.15, -0.1) is 0 Å². The fourth-order valence-electron chi connectivity index (χ4n) is 0.971. The molecule has 0 amide bonds. The lowest BCUT2D eigenvalue weighted by Crippen LogP contribution is -2.17. The van der Waals surface area contributed by atoms with E-state index in [1.165, 1.54) is 0 Å². The molecule has 0 aromatic rings. The number of rotatable bonds is 7. The van der Waals surface area contributed by atoms with Gasteiger partial charge >= 0.3 is 0 Å². The van der Waals surface area contributed by atoms with Crippen LogP contribution in [0.15, 0.2) is 0 Å². The third kappa shape index (κ3) is 6.28. The summed E-state index contributed by atoms with van der Waals surface area (Å²) in [4.78, 5) is 0. The highest BCUT2D eigenvalue weighted by atomic mass is 16.5. The molecule has 0 aliphatic carbocycles. The minimum atomic E-state index is 0.242. The molecule has 1 atom stereocenters. The summed E-state index contributed by atoms with van der Waals surface area (Å²) in [6.45, 7) is 1.45. The summed E-state index contributed by atoms with van der Waals surface area (Å²) in [7, 11) is 3.40. The third-order valence-corrected chi connectivity index (χ3v) is 1.67. The maximum Gasteiger partial charge on any atom is 0.0804 e. The van der Waals surface area contributed by atoms with E-state index >= 15 is 0 Å². The van der Waals surface area contributed by atoms with Crippen molar-refractivity contribution < 1.29 is 9.47 Å². The van der Waals surface area contributed by atoms with E-state index in [4.69, 9.17) is 15.2 Å². The van der Waals surface area contributed by atoms with Gasteiger partial charge in [0.15, 0.2) is 0 Å². The molecule has 68 valence electrons. The normalized spacial score (nSPS) is 13.4. The number of nitrogens with two attached hydrogens (primary N) is 1. The molecule has 0 radical (unpaired) electrons. The first kappa shape index (κ1) is 10.9. The first-order chi connectivity index (χ1) is 5.35. The first-order valence-corrected chi connectivity index (χ1v) is 4.07. The monoisotopic (exact) mass is 161 g/mol. The largest absolute Gasteiger partial charge is 0.382 e. The Bertz CT molecular complexity index is 78.5. The van der Waals surface area contributed by atoms with Gasteiger partial charge in [-0.3, -0.25) is 0 Å². The van der Waals surface area contributed by atoms with Crippen LogP contribution in [-0.2, 0) is 9.47 Å². The Hall–Kier alpha value is -0.120. The van der Waals surface area contributed by atoms with Crippen LogP contribution in [0.25, 0.3) is 0 Å². The maximum atomic E-state index is 5.36. The van der Waals surface area contributed by atoms with Crippen molar-refractivity contribution in [2.24, 2.45) is 5.73 Å². The Kier molecular flexibility index (Phi) is 7.89. The number of unbranched alkanes of at least 4 members (excludes halogenated alkanes) is 1. The second-order valence-corrected chi connectivity index (χ2v) is 2.60. The fourth-order valence-corrected chi connectivity index (χ4v) is 0.971. The first-order valence-electron chi connectivity index (χ1n) is 4.07. The van der Waals surface area contributed by atoms with Crippen molar-refractivity contribution in [3.63, 3.8) is 0 Å². The lowest BCUT2D eigenvalue weighted by atomic mass is 10.1. The number of hydrogen-bond acceptors (Lipinski definition) is 3. The smallest absolute Gasteiger partial charge is 0.0804 e. The van der Waals surface area contributed by atoms with E-state index in [-0.39, 0.29) is 6.10 Å². The molecule has 0 aliphatic rings. The predicted octanol–water partition coefficient (Wildman–Crippen LogP) is 0.777. The van der Waals surface area contributed by atoms with Gasteiger partial charge < -0.3 is 15.2 Å². The Balaban J connectivity index is 3.20. The predicted molar refractivity (Wildman–Crippen MR) is 45.6 cm³/mol. The summed E-state index contributed by atoms with van der Waals surface area (Å²) in [5.74, 6) is 0. The Labute approximate surface area is 68.9 Å². The van der Waals surface area contributed by atoms with Gasteiger partial charge in [0, 0.05) is 14.2 Å². The summed E-state index contributed by atoms with van der Waals surface area (Å²) in [6, 6.07) is 0. The van der Waals surface area contributed by atoms with Crippen molar-refractivity contribution in [3.8, 4) is 0 Å². The number of hydrogen-bond donors (Lipinski definition) is 1. The van der Waals surface area contributed by atoms with E-state index in [1.807, 2.05) is 0 Å². The van der Waals surface area contributed by atoms with E-state index in [2.05, 4.69) is 0 Å². The number of methoxy groups -OCH3 is 2. The molecule has 0 aliphatic heterocycles. The fraction of sp³-hybridized carbons (Fsp3) is 1.00. The zero-order chi connectivity index (χ0) is 8.53. The Morgan fingerprint density at radius 1 is 1.27 bits per heavy atom. The summed E-state index contributed by atoms with van der Waals surface area (Å²) < 4.78 is 10.1. The van der Waals surface area contributed by atoms with Crippen LogP contribution in [0.2, 0.25) is 0 Å². The van der Waals surface area contributed by atoms with E-state index in [0.29, 0.717) is 6.61 Å². The van der Waals surface area contributed by atoms with Crippen molar-refractivity contribution in [2.45, 2.75) is 25.4 Å². The molecule has 0 aromatic heterocycles. The highest BCUT2D eigenvalue weighted by Gasteiger charge is 2.04. The molecule has 0 rings (SSSR count).